The predicted molar refractivity (Wildman–Crippen MR) is 110 cm³/mol. The average molecular weight is 399 g/mol. The summed E-state index contributed by atoms with van der Waals surface area (Å²) in [5, 5.41) is 17.1. The van der Waals surface area contributed by atoms with E-state index < -0.39 is 5.97 Å². The van der Waals surface area contributed by atoms with Crippen LogP contribution in [0.15, 0.2) is 18.3 Å². The van der Waals surface area contributed by atoms with Crippen LogP contribution in [0.5, 0.6) is 0 Å². The summed E-state index contributed by atoms with van der Waals surface area (Å²) in [5.74, 6) is 0.306. The van der Waals surface area contributed by atoms with Crippen LogP contribution in [0.25, 0.3) is 11.0 Å². The first kappa shape index (κ1) is 20.5. The molecule has 3 aromatic rings. The number of aromatic carboxylic acids is 1. The number of pyridine rings is 1. The number of nitrogens with one attached hydrogen (secondary N) is 1. The molecule has 0 aromatic carbocycles. The van der Waals surface area contributed by atoms with E-state index in [0.717, 1.165) is 5.56 Å². The summed E-state index contributed by atoms with van der Waals surface area (Å²) in [6.45, 7) is 7.82. The zero-order valence-electron chi connectivity index (χ0n) is 17.0. The first-order valence-electron chi connectivity index (χ1n) is 9.45. The van der Waals surface area contributed by atoms with Crippen molar-refractivity contribution in [2.45, 2.75) is 27.3 Å². The highest BCUT2D eigenvalue weighted by atomic mass is 16.5. The van der Waals surface area contributed by atoms with Crippen molar-refractivity contribution in [3.8, 4) is 0 Å². The molecule has 3 heterocycles. The molecule has 0 aliphatic carbocycles. The van der Waals surface area contributed by atoms with E-state index in [2.05, 4.69) is 25.4 Å². The second-order valence-corrected chi connectivity index (χ2v) is 6.50. The van der Waals surface area contributed by atoms with Gasteiger partial charge in [0, 0.05) is 26.4 Å². The van der Waals surface area contributed by atoms with Crippen LogP contribution in [0.1, 0.15) is 29.9 Å². The van der Waals surface area contributed by atoms with Gasteiger partial charge in [-0.2, -0.15) is 10.1 Å². The minimum Gasteiger partial charge on any atom is -0.476 e. The van der Waals surface area contributed by atoms with E-state index in [0.29, 0.717) is 49.4 Å². The first-order chi connectivity index (χ1) is 13.9. The van der Waals surface area contributed by atoms with Gasteiger partial charge in [0.15, 0.2) is 11.5 Å². The van der Waals surface area contributed by atoms with Gasteiger partial charge in [-0.3, -0.25) is 4.68 Å². The molecule has 0 aliphatic heterocycles. The second kappa shape index (κ2) is 8.82. The van der Waals surface area contributed by atoms with Gasteiger partial charge in [-0.25, -0.2) is 14.8 Å². The van der Waals surface area contributed by atoms with Crippen LogP contribution >= 0.6 is 0 Å². The Labute approximate surface area is 168 Å². The monoisotopic (exact) mass is 399 g/mol. The maximum Gasteiger partial charge on any atom is 0.358 e. The molecule has 0 saturated carbocycles. The molecule has 0 saturated heterocycles. The summed E-state index contributed by atoms with van der Waals surface area (Å²) in [6, 6.07) is 3.78. The van der Waals surface area contributed by atoms with E-state index in [1.807, 2.05) is 44.9 Å². The van der Waals surface area contributed by atoms with Crippen LogP contribution in [-0.4, -0.2) is 62.6 Å². The van der Waals surface area contributed by atoms with E-state index in [9.17, 15) is 9.90 Å². The van der Waals surface area contributed by atoms with Crippen molar-refractivity contribution in [1.29, 1.82) is 0 Å². The van der Waals surface area contributed by atoms with Gasteiger partial charge in [-0.15, -0.1) is 0 Å². The molecule has 2 N–H and O–H groups in total. The Bertz CT molecular complexity index is 1020. The quantitative estimate of drug-likeness (QED) is 0.523. The van der Waals surface area contributed by atoms with Crippen molar-refractivity contribution in [3.63, 3.8) is 0 Å². The molecule has 0 radical (unpaired) electrons. The third-order valence-electron chi connectivity index (χ3n) is 4.41. The van der Waals surface area contributed by atoms with Gasteiger partial charge in [-0.1, -0.05) is 0 Å². The van der Waals surface area contributed by atoms with Gasteiger partial charge in [0.05, 0.1) is 13.2 Å². The van der Waals surface area contributed by atoms with Gasteiger partial charge in [0.2, 0.25) is 5.95 Å². The molecular weight excluding hydrogens is 374 g/mol. The summed E-state index contributed by atoms with van der Waals surface area (Å²) in [7, 11) is 1.84. The number of anilines is 3. The minimum absolute atomic E-state index is 0.120. The Kier molecular flexibility index (Phi) is 6.23. The van der Waals surface area contributed by atoms with Crippen LogP contribution in [-0.2, 0) is 11.3 Å². The molecule has 0 bridgehead atoms. The Balaban J connectivity index is 2.19. The normalized spacial score (nSPS) is 11.0. The maximum atomic E-state index is 11.8. The fourth-order valence-corrected chi connectivity index (χ4v) is 2.80. The van der Waals surface area contributed by atoms with Crippen LogP contribution in [0, 0.1) is 6.92 Å². The number of aromatic nitrogens is 5. The van der Waals surface area contributed by atoms with Crippen molar-refractivity contribution in [2.24, 2.45) is 0 Å². The molecule has 0 atom stereocenters. The Morgan fingerprint density at radius 2 is 2.14 bits per heavy atom. The molecule has 10 heteroatoms. The molecule has 154 valence electrons. The highest BCUT2D eigenvalue weighted by Crippen LogP contribution is 2.28. The number of aryl methyl sites for hydroxylation is 1. The average Bonchev–Trinajstić information content (AvgIpc) is 3.07. The molecule has 10 nitrogen and oxygen atoms in total. The number of ether oxygens (including phenoxy) is 1. The van der Waals surface area contributed by atoms with Gasteiger partial charge < -0.3 is 20.1 Å². The zero-order valence-corrected chi connectivity index (χ0v) is 17.0. The summed E-state index contributed by atoms with van der Waals surface area (Å²) in [5.41, 5.74) is 1.69. The van der Waals surface area contributed by atoms with Crippen LogP contribution < -0.4 is 10.2 Å². The molecule has 29 heavy (non-hydrogen) atoms. The van der Waals surface area contributed by atoms with Crippen molar-refractivity contribution in [2.75, 3.05) is 37.0 Å². The SMILES string of the molecule is CCOCCn1nc(C(=O)O)c2nc(N(C)CC)nc(Nc3cc(C)ccn3)c21. The number of carboxylic acids is 1. The van der Waals surface area contributed by atoms with Crippen LogP contribution in [0.2, 0.25) is 0 Å². The summed E-state index contributed by atoms with van der Waals surface area (Å²) < 4.78 is 6.99. The van der Waals surface area contributed by atoms with Gasteiger partial charge in [0.1, 0.15) is 16.9 Å². The summed E-state index contributed by atoms with van der Waals surface area (Å²) in [4.78, 5) is 27.1. The lowest BCUT2D eigenvalue weighted by Crippen LogP contribution is -2.19. The summed E-state index contributed by atoms with van der Waals surface area (Å²) >= 11 is 0. The van der Waals surface area contributed by atoms with Crippen molar-refractivity contribution < 1.29 is 14.6 Å². The lowest BCUT2D eigenvalue weighted by molar-refractivity contribution is 0.0690. The largest absolute Gasteiger partial charge is 0.476 e. The maximum absolute atomic E-state index is 11.8. The molecule has 0 aliphatic rings. The fraction of sp³-hybridized carbons (Fsp3) is 0.421. The van der Waals surface area contributed by atoms with Gasteiger partial charge in [0.25, 0.3) is 0 Å². The lowest BCUT2D eigenvalue weighted by atomic mass is 10.3. The molecule has 0 unspecified atom stereocenters. The van der Waals surface area contributed by atoms with Gasteiger partial charge in [-0.05, 0) is 38.5 Å². The topological polar surface area (TPSA) is 118 Å². The Morgan fingerprint density at radius 3 is 2.79 bits per heavy atom. The zero-order chi connectivity index (χ0) is 21.0. The molecular formula is C19H25N7O3. The standard InChI is InChI=1S/C19H25N7O3/c1-5-25(4)19-22-14-15(18(27)28)24-26(9-10-29-6-2)16(14)17(23-19)21-13-11-12(3)7-8-20-13/h7-8,11H,5-6,9-10H2,1-4H3,(H,27,28)(H,20,21,22,23). The minimum atomic E-state index is -1.14. The fourth-order valence-electron chi connectivity index (χ4n) is 2.80. The van der Waals surface area contributed by atoms with E-state index in [1.165, 1.54) is 0 Å². The second-order valence-electron chi connectivity index (χ2n) is 6.50. The highest BCUT2D eigenvalue weighted by Gasteiger charge is 2.23. The third kappa shape index (κ3) is 4.43. The number of hydrogen-bond acceptors (Lipinski definition) is 8. The molecule has 0 spiro atoms. The smallest absolute Gasteiger partial charge is 0.358 e. The third-order valence-corrected chi connectivity index (χ3v) is 4.41. The van der Waals surface area contributed by atoms with Crippen LogP contribution in [0.4, 0.5) is 17.6 Å². The number of hydrogen-bond donors (Lipinski definition) is 2. The Hall–Kier alpha value is -3.27. The number of carbonyl (C=O) groups is 1. The molecule has 3 rings (SSSR count). The number of rotatable bonds is 9. The lowest BCUT2D eigenvalue weighted by Gasteiger charge is -2.17. The van der Waals surface area contributed by atoms with E-state index in [1.54, 1.807) is 10.9 Å². The van der Waals surface area contributed by atoms with Crippen molar-refractivity contribution >= 4 is 34.6 Å². The highest BCUT2D eigenvalue weighted by molar-refractivity contribution is 6.03. The van der Waals surface area contributed by atoms with E-state index >= 15 is 0 Å². The van der Waals surface area contributed by atoms with Crippen LogP contribution in [0.3, 0.4) is 0 Å². The van der Waals surface area contributed by atoms with Crippen molar-refractivity contribution in [1.82, 2.24) is 24.7 Å². The first-order valence-corrected chi connectivity index (χ1v) is 9.45. The Morgan fingerprint density at radius 1 is 1.34 bits per heavy atom. The molecule has 0 amide bonds. The molecule has 3 aromatic heterocycles. The van der Waals surface area contributed by atoms with Gasteiger partial charge >= 0.3 is 5.97 Å². The van der Waals surface area contributed by atoms with E-state index in [-0.39, 0.29) is 11.2 Å². The van der Waals surface area contributed by atoms with Crippen molar-refractivity contribution in [3.05, 3.63) is 29.6 Å². The number of carboxylic acid groups (broad SMARTS) is 1. The summed E-state index contributed by atoms with van der Waals surface area (Å²) in [6.07, 6.45) is 1.70. The molecule has 0 fully saturated rings. The number of fused-ring (bicyclic) bond motifs is 1. The predicted octanol–water partition coefficient (Wildman–Crippen LogP) is 2.46. The van der Waals surface area contributed by atoms with E-state index in [4.69, 9.17) is 4.74 Å². The number of nitrogens with zero attached hydrogens (tertiary/aromatic N) is 6.